The van der Waals surface area contributed by atoms with Gasteiger partial charge >= 0.3 is 5.97 Å². The highest BCUT2D eigenvalue weighted by molar-refractivity contribution is 5.78. The van der Waals surface area contributed by atoms with Crippen LogP contribution in [0.4, 0.5) is 0 Å². The highest BCUT2D eigenvalue weighted by Crippen LogP contribution is 2.60. The van der Waals surface area contributed by atoms with Crippen molar-refractivity contribution in [3.05, 3.63) is 0 Å². The molecule has 0 spiro atoms. The van der Waals surface area contributed by atoms with Crippen molar-refractivity contribution in [1.82, 2.24) is 0 Å². The Labute approximate surface area is 158 Å². The van der Waals surface area contributed by atoms with Gasteiger partial charge in [-0.1, -0.05) is 20.3 Å². The number of aliphatic carboxylic acids is 1. The molecule has 0 aliphatic heterocycles. The number of carbonyl (C=O) groups excluding carboxylic acids is 1. The van der Waals surface area contributed by atoms with Crippen LogP contribution in [-0.4, -0.2) is 29.6 Å². The summed E-state index contributed by atoms with van der Waals surface area (Å²) >= 11 is 0. The lowest BCUT2D eigenvalue weighted by Crippen LogP contribution is -2.46. The maximum atomic E-state index is 12.2. The van der Waals surface area contributed by atoms with Crippen molar-refractivity contribution < 1.29 is 19.4 Å². The summed E-state index contributed by atoms with van der Waals surface area (Å²) in [6.07, 6.45) is 12.1. The van der Waals surface area contributed by atoms with Gasteiger partial charge in [-0.15, -0.1) is 0 Å². The smallest absolute Gasteiger partial charge is 0.329 e. The van der Waals surface area contributed by atoms with E-state index in [1.165, 1.54) is 32.1 Å². The Morgan fingerprint density at radius 2 is 1.96 bits per heavy atom. The van der Waals surface area contributed by atoms with Gasteiger partial charge < -0.3 is 9.84 Å². The number of ketones is 1. The SMILES string of the molecule is CCCCC(=O)C[C@@H]1CCC2[C@H](CC[C@]3(C)[C@@H](OCC(=O)O)CC[C@@H]23)C1. The van der Waals surface area contributed by atoms with E-state index in [1.54, 1.807) is 0 Å². The lowest BCUT2D eigenvalue weighted by Gasteiger charge is -2.51. The molecule has 148 valence electrons. The molecule has 6 atom stereocenters. The molecule has 0 radical (unpaired) electrons. The summed E-state index contributed by atoms with van der Waals surface area (Å²) in [6, 6.07) is 0. The molecule has 0 aromatic carbocycles. The highest BCUT2D eigenvalue weighted by atomic mass is 16.5. The number of carboxylic acid groups (broad SMARTS) is 1. The summed E-state index contributed by atoms with van der Waals surface area (Å²) in [5, 5.41) is 8.94. The molecule has 1 N–H and O–H groups in total. The summed E-state index contributed by atoms with van der Waals surface area (Å²) < 4.78 is 5.78. The second-order valence-corrected chi connectivity index (χ2v) is 9.37. The molecule has 4 nitrogen and oxygen atoms in total. The molecule has 3 aliphatic carbocycles. The van der Waals surface area contributed by atoms with E-state index in [-0.39, 0.29) is 18.1 Å². The van der Waals surface area contributed by atoms with Crippen molar-refractivity contribution >= 4 is 11.8 Å². The molecule has 26 heavy (non-hydrogen) atoms. The molecular weight excluding hydrogens is 328 g/mol. The fraction of sp³-hybridized carbons (Fsp3) is 0.909. The third kappa shape index (κ3) is 4.16. The average molecular weight is 365 g/mol. The number of fused-ring (bicyclic) bond motifs is 3. The van der Waals surface area contributed by atoms with Crippen LogP contribution in [0, 0.1) is 29.1 Å². The summed E-state index contributed by atoms with van der Waals surface area (Å²) in [6.45, 7) is 4.32. The number of Topliss-reactive ketones (excluding diaryl/α,β-unsaturated/α-hetero) is 1. The Kier molecular flexibility index (Phi) is 6.42. The zero-order valence-electron chi connectivity index (χ0n) is 16.5. The Morgan fingerprint density at radius 1 is 1.15 bits per heavy atom. The molecule has 0 bridgehead atoms. The number of carboxylic acids is 1. The Morgan fingerprint density at radius 3 is 2.69 bits per heavy atom. The van der Waals surface area contributed by atoms with E-state index in [9.17, 15) is 9.59 Å². The van der Waals surface area contributed by atoms with Crippen LogP contribution in [0.1, 0.15) is 84.5 Å². The van der Waals surface area contributed by atoms with E-state index in [0.29, 0.717) is 17.6 Å². The highest BCUT2D eigenvalue weighted by Gasteiger charge is 2.55. The minimum absolute atomic E-state index is 0.109. The van der Waals surface area contributed by atoms with Crippen LogP contribution in [0.15, 0.2) is 0 Å². The maximum absolute atomic E-state index is 12.2. The Balaban J connectivity index is 1.56. The first-order chi connectivity index (χ1) is 12.4. The van der Waals surface area contributed by atoms with Crippen LogP contribution < -0.4 is 0 Å². The largest absolute Gasteiger partial charge is 0.480 e. The molecule has 0 aromatic heterocycles. The van der Waals surface area contributed by atoms with Crippen molar-refractivity contribution in [2.75, 3.05) is 6.61 Å². The van der Waals surface area contributed by atoms with Crippen LogP contribution in [0.25, 0.3) is 0 Å². The van der Waals surface area contributed by atoms with Gasteiger partial charge in [-0.3, -0.25) is 4.79 Å². The fourth-order valence-corrected chi connectivity index (χ4v) is 6.45. The predicted molar refractivity (Wildman–Crippen MR) is 101 cm³/mol. The van der Waals surface area contributed by atoms with Crippen LogP contribution in [0.3, 0.4) is 0 Å². The lowest BCUT2D eigenvalue weighted by molar-refractivity contribution is -0.149. The monoisotopic (exact) mass is 364 g/mol. The van der Waals surface area contributed by atoms with E-state index in [4.69, 9.17) is 9.84 Å². The Hall–Kier alpha value is -0.900. The van der Waals surface area contributed by atoms with E-state index in [1.807, 2.05) is 0 Å². The van der Waals surface area contributed by atoms with Crippen LogP contribution in [-0.2, 0) is 14.3 Å². The van der Waals surface area contributed by atoms with Gasteiger partial charge in [-0.05, 0) is 80.5 Å². The van der Waals surface area contributed by atoms with E-state index in [0.717, 1.165) is 50.4 Å². The van der Waals surface area contributed by atoms with Gasteiger partial charge in [0.2, 0.25) is 0 Å². The second-order valence-electron chi connectivity index (χ2n) is 9.37. The molecule has 3 saturated carbocycles. The summed E-state index contributed by atoms with van der Waals surface area (Å²) in [5.41, 5.74) is 0.153. The quantitative estimate of drug-likeness (QED) is 0.669. The topological polar surface area (TPSA) is 63.6 Å². The number of unbranched alkanes of at least 4 members (excludes halogenated alkanes) is 1. The number of hydrogen-bond donors (Lipinski definition) is 1. The summed E-state index contributed by atoms with van der Waals surface area (Å²) in [5.74, 6) is 2.42. The van der Waals surface area contributed by atoms with Gasteiger partial charge in [0.05, 0.1) is 6.10 Å². The molecule has 1 unspecified atom stereocenters. The molecule has 3 fully saturated rings. The molecular formula is C22H36O4. The third-order valence-electron chi connectivity index (χ3n) is 7.78. The third-order valence-corrected chi connectivity index (χ3v) is 7.78. The molecule has 0 saturated heterocycles. The number of hydrogen-bond acceptors (Lipinski definition) is 3. The fourth-order valence-electron chi connectivity index (χ4n) is 6.45. The van der Waals surface area contributed by atoms with Gasteiger partial charge in [0.25, 0.3) is 0 Å². The minimum Gasteiger partial charge on any atom is -0.480 e. The van der Waals surface area contributed by atoms with Crippen molar-refractivity contribution in [3.63, 3.8) is 0 Å². The average Bonchev–Trinajstić information content (AvgIpc) is 2.94. The summed E-state index contributed by atoms with van der Waals surface area (Å²) in [7, 11) is 0. The first-order valence-corrected chi connectivity index (χ1v) is 10.8. The predicted octanol–water partition coefficient (Wildman–Crippen LogP) is 4.85. The standard InChI is InChI=1S/C22H36O4/c1-3-4-5-17(23)13-15-6-7-18-16(12-15)10-11-22(2)19(18)8-9-20(22)26-14-21(24)25/h15-16,18-20H,3-14H2,1-2H3,(H,24,25)/t15-,16-,18?,19+,20+,22+/m1/s1. The summed E-state index contributed by atoms with van der Waals surface area (Å²) in [4.78, 5) is 23.1. The molecule has 0 heterocycles. The number of carbonyl (C=O) groups is 2. The number of rotatable bonds is 8. The van der Waals surface area contributed by atoms with Gasteiger partial charge in [-0.25, -0.2) is 4.79 Å². The van der Waals surface area contributed by atoms with Crippen molar-refractivity contribution in [1.29, 1.82) is 0 Å². The van der Waals surface area contributed by atoms with E-state index < -0.39 is 5.97 Å². The normalized spacial score (nSPS) is 39.2. The molecule has 0 aromatic rings. The Bertz CT molecular complexity index is 516. The van der Waals surface area contributed by atoms with Crippen molar-refractivity contribution in [3.8, 4) is 0 Å². The molecule has 4 heteroatoms. The van der Waals surface area contributed by atoms with Gasteiger partial charge in [0.15, 0.2) is 0 Å². The van der Waals surface area contributed by atoms with Gasteiger partial charge in [0, 0.05) is 12.8 Å². The van der Waals surface area contributed by atoms with E-state index >= 15 is 0 Å². The van der Waals surface area contributed by atoms with Crippen molar-refractivity contribution in [2.24, 2.45) is 29.1 Å². The van der Waals surface area contributed by atoms with Crippen LogP contribution in [0.2, 0.25) is 0 Å². The first-order valence-electron chi connectivity index (χ1n) is 10.8. The zero-order valence-corrected chi connectivity index (χ0v) is 16.5. The molecule has 3 aliphatic rings. The van der Waals surface area contributed by atoms with Crippen LogP contribution >= 0.6 is 0 Å². The zero-order chi connectivity index (χ0) is 18.7. The maximum Gasteiger partial charge on any atom is 0.329 e. The molecule has 3 rings (SSSR count). The molecule has 0 amide bonds. The van der Waals surface area contributed by atoms with E-state index in [2.05, 4.69) is 13.8 Å². The second kappa shape index (κ2) is 8.41. The lowest BCUT2D eigenvalue weighted by atomic mass is 9.55. The first kappa shape index (κ1) is 19.9. The van der Waals surface area contributed by atoms with Gasteiger partial charge in [-0.2, -0.15) is 0 Å². The van der Waals surface area contributed by atoms with Crippen LogP contribution in [0.5, 0.6) is 0 Å². The van der Waals surface area contributed by atoms with Gasteiger partial charge in [0.1, 0.15) is 12.4 Å². The van der Waals surface area contributed by atoms with Crippen molar-refractivity contribution in [2.45, 2.75) is 90.6 Å². The number of ether oxygens (including phenoxy) is 1. The minimum atomic E-state index is -0.862.